The number of anilines is 1. The lowest BCUT2D eigenvalue weighted by molar-refractivity contribution is -0.143. The lowest BCUT2D eigenvalue weighted by Crippen LogP contribution is -2.31. The van der Waals surface area contributed by atoms with Gasteiger partial charge in [-0.15, -0.1) is 0 Å². The molecule has 188 valence electrons. The number of aromatic nitrogens is 1. The smallest absolute Gasteiger partial charge is 0.356 e. The Bertz CT molecular complexity index is 1050. The van der Waals surface area contributed by atoms with Crippen molar-refractivity contribution in [3.8, 4) is 6.19 Å². The van der Waals surface area contributed by atoms with Crippen LogP contribution >= 0.6 is 0 Å². The van der Waals surface area contributed by atoms with E-state index in [1.54, 1.807) is 0 Å². The number of hydrogen-bond donors (Lipinski definition) is 0. The van der Waals surface area contributed by atoms with Gasteiger partial charge in [0.1, 0.15) is 5.82 Å². The molecule has 2 aliphatic rings. The van der Waals surface area contributed by atoms with Crippen LogP contribution in [0.4, 0.5) is 36.6 Å². The Kier molecular flexibility index (Phi) is 6.84. The van der Waals surface area contributed by atoms with E-state index in [1.807, 2.05) is 11.1 Å². The first kappa shape index (κ1) is 25.1. The minimum absolute atomic E-state index is 0.0514. The molecular formula is C24H23F7N4. The van der Waals surface area contributed by atoms with Crippen LogP contribution in [0.25, 0.3) is 0 Å². The topological polar surface area (TPSA) is 43.2 Å². The Labute approximate surface area is 198 Å². The molecule has 1 aromatic carbocycles. The van der Waals surface area contributed by atoms with Crippen molar-refractivity contribution in [2.75, 3.05) is 18.0 Å². The molecular weight excluding hydrogens is 477 g/mol. The minimum atomic E-state index is -4.98. The maximum Gasteiger partial charge on any atom is 0.416 e. The second-order valence-corrected chi connectivity index (χ2v) is 9.28. The minimum Gasteiger partial charge on any atom is -0.356 e. The van der Waals surface area contributed by atoms with Gasteiger partial charge in [0.25, 0.3) is 0 Å². The van der Waals surface area contributed by atoms with Gasteiger partial charge < -0.3 is 9.80 Å². The highest BCUT2D eigenvalue weighted by molar-refractivity contribution is 5.48. The van der Waals surface area contributed by atoms with Gasteiger partial charge in [0.15, 0.2) is 6.19 Å². The van der Waals surface area contributed by atoms with Crippen molar-refractivity contribution in [3.05, 3.63) is 58.5 Å². The molecule has 0 amide bonds. The zero-order valence-corrected chi connectivity index (χ0v) is 18.6. The molecule has 1 heterocycles. The van der Waals surface area contributed by atoms with Gasteiger partial charge in [0.05, 0.1) is 24.2 Å². The normalized spacial score (nSPS) is 16.2. The van der Waals surface area contributed by atoms with Gasteiger partial charge in [-0.25, -0.2) is 4.98 Å². The summed E-state index contributed by atoms with van der Waals surface area (Å²) in [5, 5.41) is 9.63. The van der Waals surface area contributed by atoms with Crippen molar-refractivity contribution < 1.29 is 30.7 Å². The number of nitrogens with zero attached hydrogens (tertiary/aromatic N) is 4. The first-order valence-corrected chi connectivity index (χ1v) is 11.3. The molecule has 2 fully saturated rings. The van der Waals surface area contributed by atoms with E-state index >= 15 is 0 Å². The highest BCUT2D eigenvalue weighted by atomic mass is 19.4. The van der Waals surface area contributed by atoms with E-state index in [2.05, 4.69) is 4.98 Å². The fraction of sp³-hybridized carbons (Fsp3) is 0.500. The Morgan fingerprint density at radius 1 is 0.857 bits per heavy atom. The second-order valence-electron chi connectivity index (χ2n) is 9.28. The molecule has 2 saturated carbocycles. The molecule has 2 aliphatic carbocycles. The quantitative estimate of drug-likeness (QED) is 0.174. The predicted octanol–water partition coefficient (Wildman–Crippen LogP) is 6.37. The molecule has 35 heavy (non-hydrogen) atoms. The van der Waals surface area contributed by atoms with Crippen molar-refractivity contribution in [2.24, 2.45) is 11.8 Å². The highest BCUT2D eigenvalue weighted by Gasteiger charge is 2.37. The lowest BCUT2D eigenvalue weighted by atomic mass is 10.0. The van der Waals surface area contributed by atoms with Crippen LogP contribution in [-0.4, -0.2) is 23.0 Å². The third kappa shape index (κ3) is 6.77. The second kappa shape index (κ2) is 9.55. The zero-order chi connectivity index (χ0) is 25.4. The summed E-state index contributed by atoms with van der Waals surface area (Å²) in [4.78, 5) is 7.09. The summed E-state index contributed by atoms with van der Waals surface area (Å²) in [6.07, 6.45) is -3.87. The third-order valence-electron chi connectivity index (χ3n) is 6.10. The summed E-state index contributed by atoms with van der Waals surface area (Å²) in [6.45, 7) is 0.762. The van der Waals surface area contributed by atoms with Crippen molar-refractivity contribution >= 4 is 5.82 Å². The summed E-state index contributed by atoms with van der Waals surface area (Å²) in [5.74, 6) is 0.620. The molecule has 0 spiro atoms. The molecule has 4 rings (SSSR count). The molecule has 0 N–H and O–H groups in total. The lowest BCUT2D eigenvalue weighted by Gasteiger charge is -2.27. The van der Waals surface area contributed by atoms with E-state index in [0.717, 1.165) is 36.6 Å². The predicted molar refractivity (Wildman–Crippen MR) is 113 cm³/mol. The molecule has 0 aliphatic heterocycles. The van der Waals surface area contributed by atoms with Crippen molar-refractivity contribution in [1.82, 2.24) is 9.88 Å². The van der Waals surface area contributed by atoms with Gasteiger partial charge in [-0.05, 0) is 73.4 Å². The third-order valence-corrected chi connectivity index (χ3v) is 6.10. The molecule has 0 unspecified atom stereocenters. The van der Waals surface area contributed by atoms with Crippen molar-refractivity contribution in [1.29, 1.82) is 5.26 Å². The number of alkyl halides is 6. The largest absolute Gasteiger partial charge is 0.416 e. The van der Waals surface area contributed by atoms with Gasteiger partial charge in [-0.3, -0.25) is 0 Å². The summed E-state index contributed by atoms with van der Waals surface area (Å²) in [6, 6.07) is 3.86. The van der Waals surface area contributed by atoms with Gasteiger partial charge in [0, 0.05) is 18.7 Å². The molecule has 0 atom stereocenters. The Morgan fingerprint density at radius 2 is 1.40 bits per heavy atom. The maximum atomic E-state index is 14.1. The number of hydrogen-bond acceptors (Lipinski definition) is 4. The van der Waals surface area contributed by atoms with Crippen LogP contribution in [0.15, 0.2) is 30.3 Å². The van der Waals surface area contributed by atoms with E-state index < -0.39 is 36.0 Å². The van der Waals surface area contributed by atoms with E-state index in [0.29, 0.717) is 48.4 Å². The van der Waals surface area contributed by atoms with Crippen LogP contribution in [-0.2, 0) is 25.4 Å². The number of halogens is 7. The molecule has 11 heteroatoms. The number of benzene rings is 1. The molecule has 0 saturated heterocycles. The Morgan fingerprint density at radius 3 is 1.86 bits per heavy atom. The molecule has 2 aromatic rings. The fourth-order valence-corrected chi connectivity index (χ4v) is 3.99. The van der Waals surface area contributed by atoms with Crippen molar-refractivity contribution in [3.63, 3.8) is 0 Å². The van der Waals surface area contributed by atoms with Gasteiger partial charge in [-0.1, -0.05) is 0 Å². The van der Waals surface area contributed by atoms with Gasteiger partial charge in [0.2, 0.25) is 5.95 Å². The summed E-state index contributed by atoms with van der Waals surface area (Å²) in [7, 11) is 0. The van der Waals surface area contributed by atoms with Crippen molar-refractivity contribution in [2.45, 2.75) is 51.1 Å². The standard InChI is InChI=1S/C24H23F7N4/c25-21-6-5-18(22(33-21)35(11-15-1-2-15)12-16-3-4-16)13-34(14-32)10-17-7-19(23(26,27)28)9-20(8-17)24(29,30)31/h5-9,15-16H,1-4,10-13H2. The summed E-state index contributed by atoms with van der Waals surface area (Å²) >= 11 is 0. The maximum absolute atomic E-state index is 14.1. The monoisotopic (exact) mass is 500 g/mol. The molecule has 0 radical (unpaired) electrons. The molecule has 0 bridgehead atoms. The van der Waals surface area contributed by atoms with E-state index in [-0.39, 0.29) is 18.2 Å². The van der Waals surface area contributed by atoms with Gasteiger partial charge >= 0.3 is 12.4 Å². The van der Waals surface area contributed by atoms with E-state index in [1.165, 1.54) is 6.07 Å². The molecule has 4 nitrogen and oxygen atoms in total. The Balaban J connectivity index is 1.60. The first-order valence-electron chi connectivity index (χ1n) is 11.3. The van der Waals surface area contributed by atoms with Crippen LogP contribution in [0.2, 0.25) is 0 Å². The van der Waals surface area contributed by atoms with Crippen LogP contribution in [0.3, 0.4) is 0 Å². The summed E-state index contributed by atoms with van der Waals surface area (Å²) in [5.41, 5.74) is -2.70. The SMILES string of the molecule is N#CN(Cc1cc(C(F)(F)F)cc(C(F)(F)F)c1)Cc1ccc(F)nc1N(CC1CC1)CC1CC1. The zero-order valence-electron chi connectivity index (χ0n) is 18.6. The van der Waals surface area contributed by atoms with E-state index in [4.69, 9.17) is 0 Å². The van der Waals surface area contributed by atoms with Gasteiger partial charge in [-0.2, -0.15) is 36.0 Å². The fourth-order valence-electron chi connectivity index (χ4n) is 3.99. The number of nitriles is 1. The highest BCUT2D eigenvalue weighted by Crippen LogP contribution is 2.38. The van der Waals surface area contributed by atoms with Crippen LogP contribution < -0.4 is 4.90 Å². The van der Waals surface area contributed by atoms with E-state index in [9.17, 15) is 36.0 Å². The first-order chi connectivity index (χ1) is 16.4. The number of pyridine rings is 1. The number of rotatable bonds is 9. The van der Waals surface area contributed by atoms with Crippen LogP contribution in [0, 0.1) is 29.2 Å². The average Bonchev–Trinajstić information content (AvgIpc) is 3.69. The molecule has 1 aromatic heterocycles. The average molecular weight is 500 g/mol. The Hall–Kier alpha value is -3.03. The van der Waals surface area contributed by atoms with Crippen LogP contribution in [0.1, 0.15) is 47.9 Å². The van der Waals surface area contributed by atoms with Crippen LogP contribution in [0.5, 0.6) is 0 Å². The summed E-state index contributed by atoms with van der Waals surface area (Å²) < 4.78 is 93.3.